The molecular weight excluding hydrogens is 228 g/mol. The predicted octanol–water partition coefficient (Wildman–Crippen LogP) is 1.17. The Kier molecular flexibility index (Phi) is 2.78. The zero-order chi connectivity index (χ0) is 11.7. The van der Waals surface area contributed by atoms with Crippen molar-refractivity contribution in [1.29, 1.82) is 0 Å². The van der Waals surface area contributed by atoms with Crippen molar-refractivity contribution in [3.63, 3.8) is 0 Å². The normalized spacial score (nSPS) is 14.9. The van der Waals surface area contributed by atoms with Gasteiger partial charge in [0.05, 0.1) is 6.20 Å². The summed E-state index contributed by atoms with van der Waals surface area (Å²) in [4.78, 5) is 15.5. The van der Waals surface area contributed by atoms with E-state index in [1.807, 2.05) is 13.8 Å². The van der Waals surface area contributed by atoms with Crippen molar-refractivity contribution in [2.45, 2.75) is 25.7 Å². The first-order valence-electron chi connectivity index (χ1n) is 4.88. The van der Waals surface area contributed by atoms with Gasteiger partial charge < -0.3 is 5.21 Å². The van der Waals surface area contributed by atoms with Crippen molar-refractivity contribution in [3.05, 3.63) is 34.3 Å². The number of nitrogens with zero attached hydrogens (tertiary/aromatic N) is 3. The van der Waals surface area contributed by atoms with E-state index in [0.29, 0.717) is 11.5 Å². The van der Waals surface area contributed by atoms with E-state index >= 15 is 0 Å². The van der Waals surface area contributed by atoms with Crippen molar-refractivity contribution in [1.82, 2.24) is 18.5 Å². The van der Waals surface area contributed by atoms with E-state index in [9.17, 15) is 10.0 Å². The van der Waals surface area contributed by atoms with Crippen LogP contribution in [0.2, 0.25) is 0 Å². The van der Waals surface area contributed by atoms with Gasteiger partial charge in [0.2, 0.25) is 0 Å². The monoisotopic (exact) mass is 240 g/mol. The summed E-state index contributed by atoms with van der Waals surface area (Å²) < 4.78 is 7.55. The van der Waals surface area contributed by atoms with Gasteiger partial charge in [0.15, 0.2) is 0 Å². The van der Waals surface area contributed by atoms with E-state index < -0.39 is 0 Å². The zero-order valence-electron chi connectivity index (χ0n) is 8.91. The Morgan fingerprint density at radius 3 is 2.75 bits per heavy atom. The lowest BCUT2D eigenvalue weighted by molar-refractivity contribution is 0.170. The van der Waals surface area contributed by atoms with Crippen molar-refractivity contribution in [2.75, 3.05) is 0 Å². The van der Waals surface area contributed by atoms with Crippen LogP contribution in [0.15, 0.2) is 17.2 Å². The molecule has 0 radical (unpaired) electrons. The lowest BCUT2D eigenvalue weighted by Gasteiger charge is -2.15. The maximum atomic E-state index is 11.4. The summed E-state index contributed by atoms with van der Waals surface area (Å²) in [7, 11) is 0. The first-order valence-corrected chi connectivity index (χ1v) is 5.65. The molecule has 6 nitrogen and oxygen atoms in total. The van der Waals surface area contributed by atoms with Crippen LogP contribution in [-0.4, -0.2) is 23.7 Å². The van der Waals surface area contributed by atoms with Crippen LogP contribution in [0.5, 0.6) is 0 Å². The Labute approximate surface area is 95.9 Å². The highest BCUT2D eigenvalue weighted by Gasteiger charge is 2.24. The first kappa shape index (κ1) is 10.9. The number of aromatic amines is 1. The van der Waals surface area contributed by atoms with E-state index in [-0.39, 0.29) is 17.4 Å². The van der Waals surface area contributed by atoms with Crippen LogP contribution in [0.3, 0.4) is 0 Å². The van der Waals surface area contributed by atoms with Gasteiger partial charge in [-0.1, -0.05) is 13.8 Å². The van der Waals surface area contributed by atoms with Crippen LogP contribution in [0.1, 0.15) is 37.2 Å². The Morgan fingerprint density at radius 1 is 1.50 bits per heavy atom. The van der Waals surface area contributed by atoms with Gasteiger partial charge in [-0.3, -0.25) is 9.17 Å². The zero-order valence-corrected chi connectivity index (χ0v) is 9.73. The topological polar surface area (TPSA) is 83.8 Å². The molecule has 0 saturated heterocycles. The smallest absolute Gasteiger partial charge is 0.281 e. The number of nitrogens with one attached hydrogen (secondary N) is 1. The van der Waals surface area contributed by atoms with E-state index in [1.165, 1.54) is 12.4 Å². The molecule has 0 saturated carbocycles. The number of H-pyrrole nitrogens is 1. The lowest BCUT2D eigenvalue weighted by Crippen LogP contribution is -2.17. The minimum absolute atomic E-state index is 0.0804. The Balaban J connectivity index is 2.30. The molecule has 2 aromatic rings. The molecule has 0 bridgehead atoms. The highest BCUT2D eigenvalue weighted by molar-refractivity contribution is 6.99. The summed E-state index contributed by atoms with van der Waals surface area (Å²) in [5, 5.41) is 9.49. The molecule has 0 aliphatic carbocycles. The standard InChI is InChI=1S/C9H12N4O2S/c1-5(7-9(14)12-16-11-7)6(2)8-10-3-4-13(8)15/h3-6,15H,1-2H3,(H,12,14)/t5-,6+/m0/s1. The first-order chi connectivity index (χ1) is 7.61. The molecule has 2 atom stereocenters. The summed E-state index contributed by atoms with van der Waals surface area (Å²) in [5.41, 5.74) is 0.320. The van der Waals surface area contributed by atoms with Crippen molar-refractivity contribution >= 4 is 11.7 Å². The molecule has 0 aromatic carbocycles. The van der Waals surface area contributed by atoms with E-state index in [1.54, 1.807) is 0 Å². The van der Waals surface area contributed by atoms with E-state index in [2.05, 4.69) is 13.7 Å². The SMILES string of the molecule is C[C@H](c1ns[nH]c1=O)[C@@H](C)c1nccn1O. The Morgan fingerprint density at radius 2 is 2.25 bits per heavy atom. The van der Waals surface area contributed by atoms with Crippen LogP contribution < -0.4 is 5.56 Å². The fourth-order valence-electron chi connectivity index (χ4n) is 1.59. The van der Waals surface area contributed by atoms with Gasteiger partial charge >= 0.3 is 0 Å². The summed E-state index contributed by atoms with van der Waals surface area (Å²) in [6, 6.07) is 0. The molecular formula is C9H12N4O2S. The summed E-state index contributed by atoms with van der Waals surface area (Å²) in [6.45, 7) is 3.79. The van der Waals surface area contributed by atoms with Gasteiger partial charge in [-0.05, 0) is 0 Å². The highest BCUT2D eigenvalue weighted by atomic mass is 32.1. The van der Waals surface area contributed by atoms with Gasteiger partial charge in [0.1, 0.15) is 11.5 Å². The second-order valence-electron chi connectivity index (χ2n) is 3.71. The van der Waals surface area contributed by atoms with Crippen LogP contribution in [0.25, 0.3) is 0 Å². The van der Waals surface area contributed by atoms with Crippen molar-refractivity contribution in [2.24, 2.45) is 0 Å². The second-order valence-corrected chi connectivity index (χ2v) is 4.28. The second kappa shape index (κ2) is 4.09. The summed E-state index contributed by atoms with van der Waals surface area (Å²) >= 11 is 1.04. The molecule has 7 heteroatoms. The average Bonchev–Trinajstić information content (AvgIpc) is 2.85. The number of hydrogen-bond acceptors (Lipinski definition) is 5. The molecule has 0 fully saturated rings. The fourth-order valence-corrected chi connectivity index (χ4v) is 2.17. The molecule has 0 spiro atoms. The maximum absolute atomic E-state index is 11.4. The van der Waals surface area contributed by atoms with Gasteiger partial charge in [-0.2, -0.15) is 9.10 Å². The van der Waals surface area contributed by atoms with E-state index in [4.69, 9.17) is 0 Å². The summed E-state index contributed by atoms with van der Waals surface area (Å²) in [5.74, 6) is 0.353. The molecule has 86 valence electrons. The predicted molar refractivity (Wildman–Crippen MR) is 59.0 cm³/mol. The minimum Gasteiger partial charge on any atom is -0.427 e. The average molecular weight is 240 g/mol. The van der Waals surface area contributed by atoms with E-state index in [0.717, 1.165) is 16.5 Å². The molecule has 0 aliphatic heterocycles. The van der Waals surface area contributed by atoms with Crippen LogP contribution in [-0.2, 0) is 0 Å². The minimum atomic E-state index is -0.166. The molecule has 2 heterocycles. The Bertz CT molecular complexity index is 529. The van der Waals surface area contributed by atoms with Gasteiger partial charge in [0, 0.05) is 29.8 Å². The molecule has 0 unspecified atom stereocenters. The number of imidazole rings is 1. The van der Waals surface area contributed by atoms with Gasteiger partial charge in [-0.25, -0.2) is 4.98 Å². The van der Waals surface area contributed by atoms with Crippen molar-refractivity contribution < 1.29 is 5.21 Å². The molecule has 2 aromatic heterocycles. The fraction of sp³-hybridized carbons (Fsp3) is 0.444. The summed E-state index contributed by atoms with van der Waals surface area (Å²) in [6.07, 6.45) is 2.98. The largest absolute Gasteiger partial charge is 0.427 e. The lowest BCUT2D eigenvalue weighted by atomic mass is 9.92. The van der Waals surface area contributed by atoms with Gasteiger partial charge in [-0.15, -0.1) is 0 Å². The third kappa shape index (κ3) is 1.73. The Hall–Kier alpha value is -1.63. The molecule has 0 amide bonds. The highest BCUT2D eigenvalue weighted by Crippen LogP contribution is 2.28. The maximum Gasteiger partial charge on any atom is 0.281 e. The number of aromatic nitrogens is 4. The molecule has 2 N–H and O–H groups in total. The molecule has 2 rings (SSSR count). The quantitative estimate of drug-likeness (QED) is 0.789. The molecule has 0 aliphatic rings. The number of hydrogen-bond donors (Lipinski definition) is 2. The third-order valence-electron chi connectivity index (χ3n) is 2.75. The molecule has 16 heavy (non-hydrogen) atoms. The number of rotatable bonds is 3. The van der Waals surface area contributed by atoms with Crippen LogP contribution in [0.4, 0.5) is 0 Å². The van der Waals surface area contributed by atoms with Crippen LogP contribution >= 0.6 is 11.7 Å². The van der Waals surface area contributed by atoms with Gasteiger partial charge in [0.25, 0.3) is 5.56 Å². The van der Waals surface area contributed by atoms with Crippen LogP contribution in [0, 0.1) is 0 Å². The van der Waals surface area contributed by atoms with Crippen molar-refractivity contribution in [3.8, 4) is 0 Å². The third-order valence-corrected chi connectivity index (χ3v) is 3.32.